The van der Waals surface area contributed by atoms with E-state index >= 15 is 0 Å². The van der Waals surface area contributed by atoms with Gasteiger partial charge in [-0.2, -0.15) is 0 Å². The number of esters is 1. The van der Waals surface area contributed by atoms with Gasteiger partial charge in [0.2, 0.25) is 5.91 Å². The molecule has 0 spiro atoms. The molecule has 2 aromatic rings. The largest absolute Gasteiger partial charge is 0.462 e. The molecule has 6 heteroatoms. The van der Waals surface area contributed by atoms with Gasteiger partial charge in [-0.1, -0.05) is 18.2 Å². The Balaban J connectivity index is 1.53. The first kappa shape index (κ1) is 21.0. The zero-order valence-corrected chi connectivity index (χ0v) is 16.9. The summed E-state index contributed by atoms with van der Waals surface area (Å²) in [5.41, 5.74) is 2.69. The Kier molecular flexibility index (Phi) is 6.99. The maximum Gasteiger partial charge on any atom is 0.338 e. The molecule has 1 amide bonds. The van der Waals surface area contributed by atoms with Crippen LogP contribution in [-0.4, -0.2) is 36.5 Å². The van der Waals surface area contributed by atoms with Crippen LogP contribution in [0.15, 0.2) is 42.5 Å². The van der Waals surface area contributed by atoms with E-state index in [4.69, 9.17) is 4.74 Å². The second-order valence-corrected chi connectivity index (χ2v) is 7.38. The minimum Gasteiger partial charge on any atom is -0.462 e. The predicted octanol–water partition coefficient (Wildman–Crippen LogP) is 4.16. The quantitative estimate of drug-likeness (QED) is 0.743. The van der Waals surface area contributed by atoms with E-state index in [9.17, 15) is 14.0 Å². The zero-order chi connectivity index (χ0) is 20.8. The predicted molar refractivity (Wildman–Crippen MR) is 110 cm³/mol. The van der Waals surface area contributed by atoms with Crippen LogP contribution in [0.1, 0.15) is 41.3 Å². The normalized spacial score (nSPS) is 15.1. The molecule has 2 aromatic carbocycles. The fraction of sp³-hybridized carbons (Fsp3) is 0.391. The first-order valence-corrected chi connectivity index (χ1v) is 10.0. The second-order valence-electron chi connectivity index (χ2n) is 7.38. The molecular weight excluding hydrogens is 371 g/mol. The third-order valence-corrected chi connectivity index (χ3v) is 5.31. The van der Waals surface area contributed by atoms with Crippen LogP contribution in [-0.2, 0) is 16.1 Å². The number of anilines is 1. The average molecular weight is 398 g/mol. The molecule has 5 nitrogen and oxygen atoms in total. The first-order valence-electron chi connectivity index (χ1n) is 10.0. The topological polar surface area (TPSA) is 58.6 Å². The maximum atomic E-state index is 13.8. The summed E-state index contributed by atoms with van der Waals surface area (Å²) in [6.07, 6.45) is 1.47. The van der Waals surface area contributed by atoms with Gasteiger partial charge in [-0.05, 0) is 69.6 Å². The Morgan fingerprint density at radius 2 is 1.90 bits per heavy atom. The van der Waals surface area contributed by atoms with Crippen molar-refractivity contribution in [2.75, 3.05) is 25.0 Å². The van der Waals surface area contributed by atoms with Gasteiger partial charge in [-0.25, -0.2) is 9.18 Å². The molecule has 0 bridgehead atoms. The number of hydrogen-bond donors (Lipinski definition) is 1. The molecular formula is C23H27FN2O3. The number of carbonyl (C=O) groups is 2. The molecule has 0 atom stereocenters. The monoisotopic (exact) mass is 398 g/mol. The molecule has 1 aliphatic heterocycles. The van der Waals surface area contributed by atoms with Gasteiger partial charge >= 0.3 is 5.97 Å². The van der Waals surface area contributed by atoms with Crippen LogP contribution < -0.4 is 5.32 Å². The molecule has 1 fully saturated rings. The second kappa shape index (κ2) is 9.65. The lowest BCUT2D eigenvalue weighted by atomic mass is 9.95. The van der Waals surface area contributed by atoms with Crippen molar-refractivity contribution in [1.29, 1.82) is 0 Å². The molecule has 29 heavy (non-hydrogen) atoms. The number of carbonyl (C=O) groups excluding carboxylic acids is 2. The number of rotatable bonds is 6. The van der Waals surface area contributed by atoms with E-state index in [0.717, 1.165) is 31.5 Å². The third kappa shape index (κ3) is 5.41. The van der Waals surface area contributed by atoms with Crippen LogP contribution in [0.25, 0.3) is 0 Å². The summed E-state index contributed by atoms with van der Waals surface area (Å²) in [6.45, 7) is 6.03. The Labute approximate surface area is 170 Å². The molecule has 1 heterocycles. The van der Waals surface area contributed by atoms with E-state index in [1.165, 1.54) is 6.07 Å². The fourth-order valence-electron chi connectivity index (χ4n) is 3.60. The Morgan fingerprint density at radius 3 is 2.55 bits per heavy atom. The van der Waals surface area contributed by atoms with Crippen molar-refractivity contribution in [2.45, 2.75) is 33.2 Å². The van der Waals surface area contributed by atoms with E-state index in [0.29, 0.717) is 30.0 Å². The van der Waals surface area contributed by atoms with Gasteiger partial charge in [0.05, 0.1) is 12.2 Å². The Bertz CT molecular complexity index is 876. The van der Waals surface area contributed by atoms with Gasteiger partial charge in [0.15, 0.2) is 0 Å². The number of benzene rings is 2. The molecule has 0 radical (unpaired) electrons. The molecule has 1 saturated heterocycles. The fourth-order valence-corrected chi connectivity index (χ4v) is 3.60. The van der Waals surface area contributed by atoms with Crippen LogP contribution in [0, 0.1) is 18.7 Å². The number of aryl methyl sites for hydroxylation is 1. The highest BCUT2D eigenvalue weighted by molar-refractivity contribution is 5.95. The van der Waals surface area contributed by atoms with Gasteiger partial charge < -0.3 is 10.1 Å². The molecule has 3 rings (SSSR count). The molecule has 0 aliphatic carbocycles. The highest BCUT2D eigenvalue weighted by Gasteiger charge is 2.25. The van der Waals surface area contributed by atoms with E-state index in [2.05, 4.69) is 10.2 Å². The Hall–Kier alpha value is -2.73. The summed E-state index contributed by atoms with van der Waals surface area (Å²) in [4.78, 5) is 26.7. The molecule has 154 valence electrons. The lowest BCUT2D eigenvalue weighted by Crippen LogP contribution is -2.38. The van der Waals surface area contributed by atoms with E-state index in [1.807, 2.05) is 13.0 Å². The van der Waals surface area contributed by atoms with Gasteiger partial charge in [-0.3, -0.25) is 9.69 Å². The number of hydrogen-bond acceptors (Lipinski definition) is 4. The maximum absolute atomic E-state index is 13.8. The zero-order valence-electron chi connectivity index (χ0n) is 16.9. The van der Waals surface area contributed by atoms with E-state index in [-0.39, 0.29) is 23.6 Å². The Morgan fingerprint density at radius 1 is 1.17 bits per heavy atom. The van der Waals surface area contributed by atoms with Crippen molar-refractivity contribution in [3.8, 4) is 0 Å². The van der Waals surface area contributed by atoms with Crippen molar-refractivity contribution in [3.05, 3.63) is 65.0 Å². The summed E-state index contributed by atoms with van der Waals surface area (Å²) in [6, 6.07) is 11.9. The average Bonchev–Trinajstić information content (AvgIpc) is 2.72. The number of ether oxygens (including phenoxy) is 1. The lowest BCUT2D eigenvalue weighted by molar-refractivity contribution is -0.121. The van der Waals surface area contributed by atoms with Gasteiger partial charge in [0.1, 0.15) is 5.82 Å². The van der Waals surface area contributed by atoms with Crippen LogP contribution >= 0.6 is 0 Å². The summed E-state index contributed by atoms with van der Waals surface area (Å²) in [7, 11) is 0. The number of amides is 1. The van der Waals surface area contributed by atoms with E-state index in [1.54, 1.807) is 37.3 Å². The first-order chi connectivity index (χ1) is 14.0. The van der Waals surface area contributed by atoms with Gasteiger partial charge in [-0.15, -0.1) is 0 Å². The van der Waals surface area contributed by atoms with Gasteiger partial charge in [0.25, 0.3) is 0 Å². The van der Waals surface area contributed by atoms with Crippen molar-refractivity contribution in [1.82, 2.24) is 4.90 Å². The summed E-state index contributed by atoms with van der Waals surface area (Å²) in [5.74, 6) is -0.636. The highest BCUT2D eigenvalue weighted by atomic mass is 19.1. The summed E-state index contributed by atoms with van der Waals surface area (Å²) < 4.78 is 18.8. The van der Waals surface area contributed by atoms with Crippen LogP contribution in [0.4, 0.5) is 10.1 Å². The van der Waals surface area contributed by atoms with Gasteiger partial charge in [0, 0.05) is 23.7 Å². The minimum absolute atomic E-state index is 0.0115. The minimum atomic E-state index is -0.365. The number of halogens is 1. The van der Waals surface area contributed by atoms with Crippen molar-refractivity contribution in [3.63, 3.8) is 0 Å². The van der Waals surface area contributed by atoms with Crippen LogP contribution in [0.2, 0.25) is 0 Å². The van der Waals surface area contributed by atoms with Crippen molar-refractivity contribution in [2.24, 2.45) is 5.92 Å². The summed E-state index contributed by atoms with van der Waals surface area (Å²) in [5, 5.41) is 2.98. The number of likely N-dealkylation sites (tertiary alicyclic amines) is 1. The number of piperidine rings is 1. The van der Waals surface area contributed by atoms with Crippen LogP contribution in [0.5, 0.6) is 0 Å². The summed E-state index contributed by atoms with van der Waals surface area (Å²) >= 11 is 0. The number of nitrogens with one attached hydrogen (secondary N) is 1. The molecule has 1 N–H and O–H groups in total. The number of nitrogens with zero attached hydrogens (tertiary/aromatic N) is 1. The lowest BCUT2D eigenvalue weighted by Gasteiger charge is -2.31. The highest BCUT2D eigenvalue weighted by Crippen LogP contribution is 2.23. The van der Waals surface area contributed by atoms with Crippen molar-refractivity contribution >= 4 is 17.6 Å². The smallest absolute Gasteiger partial charge is 0.338 e. The molecule has 1 aliphatic rings. The van der Waals surface area contributed by atoms with E-state index < -0.39 is 0 Å². The molecule has 0 aromatic heterocycles. The SMILES string of the molecule is CCOC(=O)c1ccc(NC(=O)C2CCN(Cc3ccccc3F)CC2)c(C)c1. The molecule has 0 saturated carbocycles. The van der Waals surface area contributed by atoms with Crippen molar-refractivity contribution < 1.29 is 18.7 Å². The molecule has 0 unspecified atom stereocenters. The standard InChI is InChI=1S/C23H27FN2O3/c1-3-29-23(28)18-8-9-21(16(2)14-18)25-22(27)17-10-12-26(13-11-17)15-19-6-4-5-7-20(19)24/h4-9,14,17H,3,10-13,15H2,1-2H3,(H,25,27). The third-order valence-electron chi connectivity index (χ3n) is 5.31. The van der Waals surface area contributed by atoms with Crippen LogP contribution in [0.3, 0.4) is 0 Å².